The van der Waals surface area contributed by atoms with Crippen LogP contribution < -0.4 is 9.47 Å². The van der Waals surface area contributed by atoms with Gasteiger partial charge in [0.2, 0.25) is 0 Å². The van der Waals surface area contributed by atoms with E-state index in [2.05, 4.69) is 0 Å². The fraction of sp³-hybridized carbons (Fsp3) is 0.556. The Balaban J connectivity index is 2.97. The summed E-state index contributed by atoms with van der Waals surface area (Å²) in [6.07, 6.45) is -0.0906. The van der Waals surface area contributed by atoms with Crippen molar-refractivity contribution in [1.29, 1.82) is 0 Å². The number of aliphatic hydroxyl groups is 1. The Morgan fingerprint density at radius 2 is 1.96 bits per heavy atom. The summed E-state index contributed by atoms with van der Waals surface area (Å²) in [4.78, 5) is 23.1. The lowest BCUT2D eigenvalue weighted by molar-refractivity contribution is -0.150. The third-order valence-electron chi connectivity index (χ3n) is 4.04. The number of rotatable bonds is 9. The molecule has 0 aliphatic carbocycles. The third-order valence-corrected chi connectivity index (χ3v) is 4.04. The Morgan fingerprint density at radius 1 is 1.29 bits per heavy atom. The molecule has 0 bridgehead atoms. The van der Waals surface area contributed by atoms with Crippen molar-refractivity contribution >= 4 is 12.3 Å². The van der Waals surface area contributed by atoms with Crippen LogP contribution in [0.2, 0.25) is 0 Å². The number of ether oxygens (including phenoxy) is 3. The number of aliphatic hydroxyl groups excluding tert-OH is 1. The predicted octanol–water partition coefficient (Wildman–Crippen LogP) is 2.45. The predicted molar refractivity (Wildman–Crippen MR) is 89.2 cm³/mol. The second-order valence-corrected chi connectivity index (χ2v) is 5.67. The lowest BCUT2D eigenvalue weighted by Crippen LogP contribution is -2.26. The SMILES string of the molecule is CCOC(=O)C(C)C(C=O)CC(O)c1cc(C)c(OC)c(OC)c1. The Hall–Kier alpha value is -2.08. The average molecular weight is 338 g/mol. The van der Waals surface area contributed by atoms with Crippen LogP contribution in [0.15, 0.2) is 12.1 Å². The van der Waals surface area contributed by atoms with E-state index in [1.807, 2.05) is 6.92 Å². The summed E-state index contributed by atoms with van der Waals surface area (Å²) in [5.41, 5.74) is 1.42. The molecule has 1 aromatic carbocycles. The van der Waals surface area contributed by atoms with Gasteiger partial charge in [-0.25, -0.2) is 0 Å². The molecule has 0 fully saturated rings. The highest BCUT2D eigenvalue weighted by Crippen LogP contribution is 2.35. The first kappa shape index (κ1) is 20.0. The number of hydrogen-bond donors (Lipinski definition) is 1. The van der Waals surface area contributed by atoms with E-state index in [-0.39, 0.29) is 13.0 Å². The maximum Gasteiger partial charge on any atom is 0.309 e. The number of carbonyl (C=O) groups is 2. The van der Waals surface area contributed by atoms with Gasteiger partial charge in [0.15, 0.2) is 11.5 Å². The van der Waals surface area contributed by atoms with Crippen LogP contribution in [0.1, 0.15) is 37.5 Å². The number of methoxy groups -OCH3 is 2. The summed E-state index contributed by atoms with van der Waals surface area (Å²) in [6.45, 7) is 5.44. The maximum absolute atomic E-state index is 11.8. The summed E-state index contributed by atoms with van der Waals surface area (Å²) in [6, 6.07) is 3.45. The molecular formula is C18H26O6. The van der Waals surface area contributed by atoms with E-state index < -0.39 is 23.9 Å². The van der Waals surface area contributed by atoms with E-state index in [9.17, 15) is 14.7 Å². The Morgan fingerprint density at radius 3 is 2.46 bits per heavy atom. The summed E-state index contributed by atoms with van der Waals surface area (Å²) < 4.78 is 15.5. The third kappa shape index (κ3) is 4.71. The molecule has 0 aliphatic heterocycles. The molecule has 0 aromatic heterocycles. The molecule has 3 unspecified atom stereocenters. The van der Waals surface area contributed by atoms with Gasteiger partial charge in [0.1, 0.15) is 6.29 Å². The van der Waals surface area contributed by atoms with Crippen LogP contribution in [0, 0.1) is 18.8 Å². The number of carbonyl (C=O) groups excluding carboxylic acids is 2. The number of aldehydes is 1. The van der Waals surface area contributed by atoms with Crippen molar-refractivity contribution in [3.8, 4) is 11.5 Å². The Labute approximate surface area is 142 Å². The van der Waals surface area contributed by atoms with Crippen LogP contribution in [-0.4, -0.2) is 38.2 Å². The molecule has 6 nitrogen and oxygen atoms in total. The topological polar surface area (TPSA) is 82.1 Å². The van der Waals surface area contributed by atoms with Crippen LogP contribution in [0.25, 0.3) is 0 Å². The normalized spacial score (nSPS) is 14.4. The van der Waals surface area contributed by atoms with E-state index in [1.54, 1.807) is 33.1 Å². The minimum atomic E-state index is -0.907. The molecule has 0 heterocycles. The van der Waals surface area contributed by atoms with Crippen molar-refractivity contribution in [3.63, 3.8) is 0 Å². The second kappa shape index (κ2) is 9.27. The molecule has 0 amide bonds. The van der Waals surface area contributed by atoms with Gasteiger partial charge in [-0.15, -0.1) is 0 Å². The van der Waals surface area contributed by atoms with E-state index in [1.165, 1.54) is 7.11 Å². The number of esters is 1. The highest BCUT2D eigenvalue weighted by atomic mass is 16.5. The monoisotopic (exact) mass is 338 g/mol. The van der Waals surface area contributed by atoms with Crippen LogP contribution in [0.4, 0.5) is 0 Å². The highest BCUT2D eigenvalue weighted by molar-refractivity contribution is 5.76. The molecule has 0 radical (unpaired) electrons. The fourth-order valence-corrected chi connectivity index (χ4v) is 2.59. The van der Waals surface area contributed by atoms with Crippen molar-refractivity contribution < 1.29 is 28.9 Å². The van der Waals surface area contributed by atoms with Gasteiger partial charge in [0, 0.05) is 5.92 Å². The molecule has 1 aromatic rings. The molecule has 6 heteroatoms. The lowest BCUT2D eigenvalue weighted by Gasteiger charge is -2.21. The van der Waals surface area contributed by atoms with Gasteiger partial charge in [-0.1, -0.05) is 6.92 Å². The lowest BCUT2D eigenvalue weighted by atomic mass is 9.87. The Bertz CT molecular complexity index is 569. The quantitative estimate of drug-likeness (QED) is 0.550. The molecule has 0 saturated carbocycles. The molecule has 134 valence electrons. The molecule has 0 spiro atoms. The van der Waals surface area contributed by atoms with Crippen LogP contribution >= 0.6 is 0 Å². The molecule has 1 N–H and O–H groups in total. The largest absolute Gasteiger partial charge is 0.493 e. The zero-order chi connectivity index (χ0) is 18.3. The van der Waals surface area contributed by atoms with Crippen molar-refractivity contribution in [2.45, 2.75) is 33.3 Å². The van der Waals surface area contributed by atoms with Gasteiger partial charge < -0.3 is 24.1 Å². The first-order valence-electron chi connectivity index (χ1n) is 7.92. The number of hydrogen-bond acceptors (Lipinski definition) is 6. The highest BCUT2D eigenvalue weighted by Gasteiger charge is 2.28. The molecule has 0 saturated heterocycles. The molecular weight excluding hydrogens is 312 g/mol. The summed E-state index contributed by atoms with van der Waals surface area (Å²) in [5, 5.41) is 10.5. The minimum absolute atomic E-state index is 0.123. The van der Waals surface area contributed by atoms with Crippen LogP contribution in [0.3, 0.4) is 0 Å². The van der Waals surface area contributed by atoms with Gasteiger partial charge in [0.25, 0.3) is 0 Å². The van der Waals surface area contributed by atoms with Gasteiger partial charge in [0.05, 0.1) is 32.8 Å². The fourth-order valence-electron chi connectivity index (χ4n) is 2.59. The summed E-state index contributed by atoms with van der Waals surface area (Å²) >= 11 is 0. The zero-order valence-corrected chi connectivity index (χ0v) is 14.9. The Kier molecular flexibility index (Phi) is 7.71. The number of benzene rings is 1. The zero-order valence-electron chi connectivity index (χ0n) is 14.9. The van der Waals surface area contributed by atoms with Crippen molar-refractivity contribution in [2.24, 2.45) is 11.8 Å². The molecule has 1 rings (SSSR count). The summed E-state index contributed by atoms with van der Waals surface area (Å²) in [5.74, 6) is -0.580. The van der Waals surface area contributed by atoms with Gasteiger partial charge in [-0.3, -0.25) is 4.79 Å². The second-order valence-electron chi connectivity index (χ2n) is 5.67. The first-order valence-corrected chi connectivity index (χ1v) is 7.92. The average Bonchev–Trinajstić information content (AvgIpc) is 2.58. The van der Waals surface area contributed by atoms with E-state index in [0.717, 1.165) is 5.56 Å². The molecule has 0 aliphatic rings. The van der Waals surface area contributed by atoms with Gasteiger partial charge >= 0.3 is 5.97 Å². The van der Waals surface area contributed by atoms with E-state index in [0.29, 0.717) is 23.3 Å². The van der Waals surface area contributed by atoms with Crippen LogP contribution in [0.5, 0.6) is 11.5 Å². The van der Waals surface area contributed by atoms with Crippen molar-refractivity contribution in [1.82, 2.24) is 0 Å². The van der Waals surface area contributed by atoms with Crippen molar-refractivity contribution in [2.75, 3.05) is 20.8 Å². The van der Waals surface area contributed by atoms with E-state index in [4.69, 9.17) is 14.2 Å². The smallest absolute Gasteiger partial charge is 0.309 e. The minimum Gasteiger partial charge on any atom is -0.493 e. The molecule has 3 atom stereocenters. The first-order chi connectivity index (χ1) is 11.4. The molecule has 24 heavy (non-hydrogen) atoms. The standard InChI is InChI=1S/C18H26O6/c1-6-24-18(21)12(3)14(10-19)8-15(20)13-7-11(2)17(23-5)16(9-13)22-4/h7,9-10,12,14-15,20H,6,8H2,1-5H3. The van der Waals surface area contributed by atoms with Crippen molar-refractivity contribution in [3.05, 3.63) is 23.3 Å². The van der Waals surface area contributed by atoms with Gasteiger partial charge in [-0.2, -0.15) is 0 Å². The summed E-state index contributed by atoms with van der Waals surface area (Å²) in [7, 11) is 3.06. The number of aryl methyl sites for hydroxylation is 1. The van der Waals surface area contributed by atoms with Gasteiger partial charge in [-0.05, 0) is 43.5 Å². The van der Waals surface area contributed by atoms with E-state index >= 15 is 0 Å². The van der Waals surface area contributed by atoms with Crippen LogP contribution in [-0.2, 0) is 14.3 Å². The maximum atomic E-state index is 11.8.